The van der Waals surface area contributed by atoms with E-state index < -0.39 is 11.8 Å². The first-order chi connectivity index (χ1) is 14.6. The van der Waals surface area contributed by atoms with E-state index in [9.17, 15) is 4.79 Å². The second-order valence-corrected chi connectivity index (χ2v) is 7.86. The number of ether oxygens (including phenoxy) is 2. The van der Waals surface area contributed by atoms with Crippen molar-refractivity contribution in [2.24, 2.45) is 0 Å². The van der Waals surface area contributed by atoms with Gasteiger partial charge in [0.2, 0.25) is 5.79 Å². The molecule has 5 rings (SSSR count). The average molecular weight is 405 g/mol. The Morgan fingerprint density at radius 1 is 1.13 bits per heavy atom. The SMILES string of the molecule is Cc1nccc2cc(-c3ccc4c(c3)COC3(CCN(C(=O)NO)CC3)O4)ccc12. The smallest absolute Gasteiger partial charge is 0.341 e. The van der Waals surface area contributed by atoms with E-state index in [1.54, 1.807) is 10.4 Å². The maximum Gasteiger partial charge on any atom is 0.341 e. The number of fused-ring (bicyclic) bond motifs is 2. The van der Waals surface area contributed by atoms with Crippen molar-refractivity contribution in [1.29, 1.82) is 0 Å². The third-order valence-electron chi connectivity index (χ3n) is 6.05. The van der Waals surface area contributed by atoms with Gasteiger partial charge in [-0.1, -0.05) is 18.2 Å². The average Bonchev–Trinajstić information content (AvgIpc) is 2.79. The minimum absolute atomic E-state index is 0.463. The summed E-state index contributed by atoms with van der Waals surface area (Å²) < 4.78 is 12.4. The molecule has 2 aliphatic heterocycles. The highest BCUT2D eigenvalue weighted by Crippen LogP contribution is 2.39. The monoisotopic (exact) mass is 405 g/mol. The van der Waals surface area contributed by atoms with E-state index in [1.165, 1.54) is 5.39 Å². The van der Waals surface area contributed by atoms with Crippen molar-refractivity contribution in [3.05, 3.63) is 59.9 Å². The number of hydrogen-bond acceptors (Lipinski definition) is 5. The number of hydroxylamine groups is 1. The van der Waals surface area contributed by atoms with Gasteiger partial charge in [0.05, 0.1) is 6.61 Å². The topological polar surface area (TPSA) is 83.9 Å². The molecule has 1 spiro atoms. The summed E-state index contributed by atoms with van der Waals surface area (Å²) >= 11 is 0. The number of amides is 2. The molecular formula is C23H23N3O4. The molecule has 7 nitrogen and oxygen atoms in total. The maximum atomic E-state index is 11.6. The van der Waals surface area contributed by atoms with Crippen LogP contribution < -0.4 is 10.2 Å². The molecule has 1 saturated heterocycles. The molecule has 2 amide bonds. The van der Waals surface area contributed by atoms with Gasteiger partial charge in [0.25, 0.3) is 0 Å². The van der Waals surface area contributed by atoms with Crippen molar-refractivity contribution in [3.63, 3.8) is 0 Å². The number of aryl methyl sites for hydroxylation is 1. The Morgan fingerprint density at radius 2 is 1.90 bits per heavy atom. The zero-order valence-electron chi connectivity index (χ0n) is 16.7. The van der Waals surface area contributed by atoms with Gasteiger partial charge in [0.1, 0.15) is 5.75 Å². The van der Waals surface area contributed by atoms with E-state index in [1.807, 2.05) is 25.3 Å². The molecule has 154 valence electrons. The third kappa shape index (κ3) is 3.26. The number of likely N-dealkylation sites (tertiary alicyclic amines) is 1. The quantitative estimate of drug-likeness (QED) is 0.472. The Labute approximate surface area is 174 Å². The first kappa shape index (κ1) is 18.8. The number of aromatic nitrogens is 1. The maximum absolute atomic E-state index is 11.6. The molecule has 7 heteroatoms. The molecule has 2 aromatic carbocycles. The zero-order valence-corrected chi connectivity index (χ0v) is 16.7. The molecule has 1 fully saturated rings. The molecule has 0 unspecified atom stereocenters. The van der Waals surface area contributed by atoms with Gasteiger partial charge < -0.3 is 14.4 Å². The van der Waals surface area contributed by atoms with E-state index in [0.717, 1.165) is 33.5 Å². The van der Waals surface area contributed by atoms with E-state index in [4.69, 9.17) is 14.7 Å². The Hall–Kier alpha value is -3.16. The van der Waals surface area contributed by atoms with Crippen molar-refractivity contribution < 1.29 is 19.5 Å². The Morgan fingerprint density at radius 3 is 2.70 bits per heavy atom. The van der Waals surface area contributed by atoms with E-state index >= 15 is 0 Å². The molecule has 30 heavy (non-hydrogen) atoms. The predicted octanol–water partition coefficient (Wildman–Crippen LogP) is 4.01. The predicted molar refractivity (Wildman–Crippen MR) is 111 cm³/mol. The molecule has 1 aromatic heterocycles. The number of benzene rings is 2. The van der Waals surface area contributed by atoms with Crippen molar-refractivity contribution in [1.82, 2.24) is 15.4 Å². The van der Waals surface area contributed by atoms with Crippen molar-refractivity contribution >= 4 is 16.8 Å². The number of carbonyl (C=O) groups is 1. The lowest BCUT2D eigenvalue weighted by Gasteiger charge is -2.43. The molecule has 3 aromatic rings. The lowest BCUT2D eigenvalue weighted by atomic mass is 9.97. The third-order valence-corrected chi connectivity index (χ3v) is 6.05. The normalized spacial score (nSPS) is 17.5. The second kappa shape index (κ2) is 7.27. The molecule has 0 saturated carbocycles. The van der Waals surface area contributed by atoms with Gasteiger partial charge in [-0.25, -0.2) is 10.3 Å². The number of carbonyl (C=O) groups excluding carboxylic acids is 1. The summed E-state index contributed by atoms with van der Waals surface area (Å²) in [6.07, 6.45) is 2.95. The van der Waals surface area contributed by atoms with Crippen LogP contribution in [0, 0.1) is 6.92 Å². The summed E-state index contributed by atoms with van der Waals surface area (Å²) in [4.78, 5) is 17.5. The van der Waals surface area contributed by atoms with Crippen LogP contribution in [0.4, 0.5) is 4.79 Å². The molecule has 3 heterocycles. The summed E-state index contributed by atoms with van der Waals surface area (Å²) in [6.45, 7) is 3.41. The number of piperidine rings is 1. The van der Waals surface area contributed by atoms with Crippen LogP contribution in [0.25, 0.3) is 21.9 Å². The highest BCUT2D eigenvalue weighted by molar-refractivity contribution is 5.88. The highest BCUT2D eigenvalue weighted by Gasteiger charge is 2.41. The molecule has 0 atom stereocenters. The molecule has 0 radical (unpaired) electrons. The molecule has 2 N–H and O–H groups in total. The van der Waals surface area contributed by atoms with Gasteiger partial charge in [0.15, 0.2) is 0 Å². The number of nitrogens with one attached hydrogen (secondary N) is 1. The number of pyridine rings is 1. The van der Waals surface area contributed by atoms with Crippen LogP contribution in [0.1, 0.15) is 24.1 Å². The van der Waals surface area contributed by atoms with Gasteiger partial charge in [-0.15, -0.1) is 0 Å². The summed E-state index contributed by atoms with van der Waals surface area (Å²) in [5.74, 6) is 0.111. The zero-order chi connectivity index (χ0) is 20.7. The van der Waals surface area contributed by atoms with Crippen LogP contribution in [0.3, 0.4) is 0 Å². The molecular weight excluding hydrogens is 382 g/mol. The fraction of sp³-hybridized carbons (Fsp3) is 0.304. The lowest BCUT2D eigenvalue weighted by molar-refractivity contribution is -0.225. The van der Waals surface area contributed by atoms with Crippen LogP contribution in [0.5, 0.6) is 5.75 Å². The number of nitrogens with zero attached hydrogens (tertiary/aromatic N) is 2. The summed E-state index contributed by atoms with van der Waals surface area (Å²) in [6, 6.07) is 14.1. The van der Waals surface area contributed by atoms with Gasteiger partial charge >= 0.3 is 6.03 Å². The fourth-order valence-corrected chi connectivity index (χ4v) is 4.29. The number of hydrogen-bond donors (Lipinski definition) is 2. The van der Waals surface area contributed by atoms with Crippen molar-refractivity contribution in [2.45, 2.75) is 32.2 Å². The summed E-state index contributed by atoms with van der Waals surface area (Å²) in [7, 11) is 0. The highest BCUT2D eigenvalue weighted by atomic mass is 16.7. The minimum atomic E-state index is -0.714. The van der Waals surface area contributed by atoms with Crippen LogP contribution in [-0.2, 0) is 11.3 Å². The first-order valence-corrected chi connectivity index (χ1v) is 10.1. The van der Waals surface area contributed by atoms with E-state index in [0.29, 0.717) is 32.5 Å². The van der Waals surface area contributed by atoms with Crippen molar-refractivity contribution in [3.8, 4) is 16.9 Å². The van der Waals surface area contributed by atoms with Crippen LogP contribution in [-0.4, -0.2) is 40.0 Å². The lowest BCUT2D eigenvalue weighted by Crippen LogP contribution is -2.54. The molecule has 0 aliphatic carbocycles. The summed E-state index contributed by atoms with van der Waals surface area (Å²) in [5, 5.41) is 11.1. The standard InChI is InChI=1S/C23H23N3O4/c1-15-20-4-2-16(12-18(20)6-9-24-15)17-3-5-21-19(13-17)14-29-23(30-21)7-10-26(11-8-23)22(27)25-28/h2-6,9,12-13,28H,7-8,10-11,14H2,1H3,(H,25,27). The van der Waals surface area contributed by atoms with Crippen LogP contribution in [0.15, 0.2) is 48.7 Å². The molecule has 0 bridgehead atoms. The van der Waals surface area contributed by atoms with Crippen molar-refractivity contribution in [2.75, 3.05) is 13.1 Å². The number of urea groups is 1. The first-order valence-electron chi connectivity index (χ1n) is 10.1. The number of rotatable bonds is 1. The van der Waals surface area contributed by atoms with Gasteiger partial charge in [-0.2, -0.15) is 0 Å². The Kier molecular flexibility index (Phi) is 4.56. The fourth-order valence-electron chi connectivity index (χ4n) is 4.29. The van der Waals surface area contributed by atoms with E-state index in [-0.39, 0.29) is 0 Å². The van der Waals surface area contributed by atoms with Gasteiger partial charge in [-0.3, -0.25) is 10.2 Å². The second-order valence-electron chi connectivity index (χ2n) is 7.86. The van der Waals surface area contributed by atoms with Crippen LogP contribution in [0.2, 0.25) is 0 Å². The van der Waals surface area contributed by atoms with Gasteiger partial charge in [0, 0.05) is 48.8 Å². The minimum Gasteiger partial charge on any atom is -0.462 e. The molecule has 2 aliphatic rings. The van der Waals surface area contributed by atoms with E-state index in [2.05, 4.69) is 35.3 Å². The largest absolute Gasteiger partial charge is 0.462 e. The Balaban J connectivity index is 1.37. The van der Waals surface area contributed by atoms with Gasteiger partial charge in [-0.05, 0) is 47.7 Å². The summed E-state index contributed by atoms with van der Waals surface area (Å²) in [5.41, 5.74) is 5.97. The Bertz CT molecular complexity index is 1120. The van der Waals surface area contributed by atoms with Crippen LogP contribution >= 0.6 is 0 Å².